The molecule has 0 saturated heterocycles. The lowest BCUT2D eigenvalue weighted by Gasteiger charge is -2.20. The lowest BCUT2D eigenvalue weighted by Crippen LogP contribution is -2.29. The van der Waals surface area contributed by atoms with Crippen LogP contribution in [0.1, 0.15) is 207 Å². The Hall–Kier alpha value is -1.52. The average molecular weight is 826 g/mol. The molecule has 0 aromatic heterocycles. The molecule has 0 heterocycles. The van der Waals surface area contributed by atoms with Gasteiger partial charge in [0.05, 0.1) is 26.4 Å². The third-order valence-electron chi connectivity index (χ3n) is 10.5. The monoisotopic (exact) mass is 826 g/mol. The number of esters is 2. The Labute approximate surface area is 358 Å². The smallest absolute Gasteiger partial charge is 0.306 e. The minimum Gasteiger partial charge on any atom is -0.457 e. The van der Waals surface area contributed by atoms with Crippen molar-refractivity contribution in [2.45, 2.75) is 220 Å². The van der Waals surface area contributed by atoms with Gasteiger partial charge in [0.25, 0.3) is 0 Å². The summed E-state index contributed by atoms with van der Waals surface area (Å²) in [6.45, 7) is 20.4. The Bertz CT molecular complexity index is 778. The van der Waals surface area contributed by atoms with Gasteiger partial charge in [-0.05, 0) is 64.5 Å². The van der Waals surface area contributed by atoms with E-state index in [1.807, 2.05) is 6.08 Å². The standard InChI is InChI=1S/C49H95NO8/c1-6-11-15-29-38-53-42-46(43-54-39-30-16-12-7-2)57-48(51)33-25-21-19-23-27-36-50(35-10-5)37-28-24-20-22-26-34-49(52)58-47(44-55-40-31-17-13-8-3)45-56-41-32-18-14-9-4/h10,46-47H,5-9,11-45H2,1-4H3. The minimum absolute atomic E-state index is 0.136. The molecule has 0 spiro atoms. The van der Waals surface area contributed by atoms with Crippen molar-refractivity contribution < 1.29 is 38.0 Å². The molecule has 0 unspecified atom stereocenters. The molecule has 344 valence electrons. The van der Waals surface area contributed by atoms with Crippen LogP contribution in [0.15, 0.2) is 12.7 Å². The van der Waals surface area contributed by atoms with Crippen LogP contribution in [0.25, 0.3) is 0 Å². The Morgan fingerprint density at radius 3 is 1.03 bits per heavy atom. The van der Waals surface area contributed by atoms with Crippen LogP contribution in [0.4, 0.5) is 0 Å². The molecule has 0 aliphatic carbocycles. The second-order valence-corrected chi connectivity index (χ2v) is 16.4. The third kappa shape index (κ3) is 41.2. The summed E-state index contributed by atoms with van der Waals surface area (Å²) >= 11 is 0. The SMILES string of the molecule is C=CCN(CCCCCCCC(=O)OC(COCCCCCC)COCCCCCC)CCCCCCCC(=O)OC(COCCCCCC)COCCCCCC. The summed E-state index contributed by atoms with van der Waals surface area (Å²) in [7, 11) is 0. The molecule has 0 atom stereocenters. The molecule has 0 fully saturated rings. The first-order valence-electron chi connectivity index (χ1n) is 24.5. The number of unbranched alkanes of at least 4 members (excludes halogenated alkanes) is 20. The predicted octanol–water partition coefficient (Wildman–Crippen LogP) is 12.4. The van der Waals surface area contributed by atoms with E-state index in [1.165, 1.54) is 77.0 Å². The number of carbonyl (C=O) groups excluding carboxylic acids is 2. The van der Waals surface area contributed by atoms with Gasteiger partial charge in [0.15, 0.2) is 0 Å². The topological polar surface area (TPSA) is 92.8 Å². The van der Waals surface area contributed by atoms with Crippen LogP contribution in [-0.4, -0.2) is 102 Å². The molecule has 0 aromatic rings. The fourth-order valence-electron chi connectivity index (χ4n) is 6.85. The fourth-order valence-corrected chi connectivity index (χ4v) is 6.85. The van der Waals surface area contributed by atoms with Gasteiger partial charge in [0, 0.05) is 45.8 Å². The number of hydrogen-bond donors (Lipinski definition) is 0. The molecule has 0 radical (unpaired) electrons. The quantitative estimate of drug-likeness (QED) is 0.0338. The maximum atomic E-state index is 12.7. The molecule has 0 aromatic carbocycles. The van der Waals surface area contributed by atoms with Crippen LogP contribution >= 0.6 is 0 Å². The van der Waals surface area contributed by atoms with Crippen molar-refractivity contribution in [3.05, 3.63) is 12.7 Å². The summed E-state index contributed by atoms with van der Waals surface area (Å²) in [5.74, 6) is -0.273. The molecule has 0 aliphatic rings. The highest BCUT2D eigenvalue weighted by atomic mass is 16.6. The molecule has 0 aliphatic heterocycles. The summed E-state index contributed by atoms with van der Waals surface area (Å²) in [4.78, 5) is 27.8. The maximum Gasteiger partial charge on any atom is 0.306 e. The van der Waals surface area contributed by atoms with Crippen LogP contribution in [0.5, 0.6) is 0 Å². The van der Waals surface area contributed by atoms with Gasteiger partial charge in [0.2, 0.25) is 0 Å². The zero-order chi connectivity index (χ0) is 42.4. The highest BCUT2D eigenvalue weighted by molar-refractivity contribution is 5.69. The zero-order valence-electron chi connectivity index (χ0n) is 38.7. The van der Waals surface area contributed by atoms with Gasteiger partial charge in [-0.1, -0.05) is 149 Å². The van der Waals surface area contributed by atoms with E-state index in [9.17, 15) is 9.59 Å². The summed E-state index contributed by atoms with van der Waals surface area (Å²) in [5.41, 5.74) is 0. The lowest BCUT2D eigenvalue weighted by atomic mass is 10.1. The van der Waals surface area contributed by atoms with Crippen LogP contribution in [-0.2, 0) is 38.0 Å². The Morgan fingerprint density at radius 2 is 0.724 bits per heavy atom. The van der Waals surface area contributed by atoms with E-state index in [1.54, 1.807) is 0 Å². The van der Waals surface area contributed by atoms with Crippen molar-refractivity contribution in [2.24, 2.45) is 0 Å². The Balaban J connectivity index is 4.21. The van der Waals surface area contributed by atoms with Gasteiger partial charge in [0.1, 0.15) is 12.2 Å². The molecule has 0 rings (SSSR count). The molecule has 58 heavy (non-hydrogen) atoms. The van der Waals surface area contributed by atoms with Crippen molar-refractivity contribution in [1.29, 1.82) is 0 Å². The van der Waals surface area contributed by atoms with E-state index in [2.05, 4.69) is 39.2 Å². The van der Waals surface area contributed by atoms with Gasteiger partial charge in [-0.15, -0.1) is 6.58 Å². The molecule has 0 bridgehead atoms. The molecular weight excluding hydrogens is 731 g/mol. The second-order valence-electron chi connectivity index (χ2n) is 16.4. The molecule has 9 nitrogen and oxygen atoms in total. The van der Waals surface area contributed by atoms with Gasteiger partial charge >= 0.3 is 11.9 Å². The Morgan fingerprint density at radius 1 is 0.431 bits per heavy atom. The lowest BCUT2D eigenvalue weighted by molar-refractivity contribution is -0.157. The van der Waals surface area contributed by atoms with Gasteiger partial charge < -0.3 is 28.4 Å². The first-order chi connectivity index (χ1) is 28.5. The third-order valence-corrected chi connectivity index (χ3v) is 10.5. The molecular formula is C49H95NO8. The van der Waals surface area contributed by atoms with Crippen LogP contribution < -0.4 is 0 Å². The summed E-state index contributed by atoms with van der Waals surface area (Å²) in [6, 6.07) is 0. The molecule has 0 N–H and O–H groups in total. The van der Waals surface area contributed by atoms with E-state index in [-0.39, 0.29) is 24.1 Å². The first kappa shape index (κ1) is 56.5. The van der Waals surface area contributed by atoms with E-state index < -0.39 is 0 Å². The summed E-state index contributed by atoms with van der Waals surface area (Å²) < 4.78 is 35.0. The van der Waals surface area contributed by atoms with E-state index in [4.69, 9.17) is 28.4 Å². The van der Waals surface area contributed by atoms with Gasteiger partial charge in [-0.25, -0.2) is 0 Å². The maximum absolute atomic E-state index is 12.7. The zero-order valence-corrected chi connectivity index (χ0v) is 38.7. The van der Waals surface area contributed by atoms with Crippen molar-refractivity contribution in [3.8, 4) is 0 Å². The summed E-state index contributed by atoms with van der Waals surface area (Å²) in [6.07, 6.45) is 31.6. The molecule has 9 heteroatoms. The number of hydrogen-bond acceptors (Lipinski definition) is 9. The average Bonchev–Trinajstić information content (AvgIpc) is 3.21. The van der Waals surface area contributed by atoms with Gasteiger partial charge in [-0.2, -0.15) is 0 Å². The summed E-state index contributed by atoms with van der Waals surface area (Å²) in [5, 5.41) is 0. The van der Waals surface area contributed by atoms with Crippen molar-refractivity contribution >= 4 is 11.9 Å². The van der Waals surface area contributed by atoms with Gasteiger partial charge in [-0.3, -0.25) is 14.5 Å². The highest BCUT2D eigenvalue weighted by Gasteiger charge is 2.17. The van der Waals surface area contributed by atoms with Crippen molar-refractivity contribution in [3.63, 3.8) is 0 Å². The number of ether oxygens (including phenoxy) is 6. The normalized spacial score (nSPS) is 11.6. The molecule has 0 saturated carbocycles. The highest BCUT2D eigenvalue weighted by Crippen LogP contribution is 2.12. The number of carbonyl (C=O) groups is 2. The van der Waals surface area contributed by atoms with Crippen molar-refractivity contribution in [1.82, 2.24) is 4.90 Å². The van der Waals surface area contributed by atoms with E-state index in [0.29, 0.717) is 65.7 Å². The van der Waals surface area contributed by atoms with Crippen LogP contribution in [0.3, 0.4) is 0 Å². The molecule has 0 amide bonds. The van der Waals surface area contributed by atoms with E-state index >= 15 is 0 Å². The largest absolute Gasteiger partial charge is 0.457 e. The predicted molar refractivity (Wildman–Crippen MR) is 242 cm³/mol. The van der Waals surface area contributed by atoms with Crippen LogP contribution in [0.2, 0.25) is 0 Å². The fraction of sp³-hybridized carbons (Fsp3) is 0.918. The van der Waals surface area contributed by atoms with E-state index in [0.717, 1.165) is 110 Å². The Kier molecular flexibility index (Phi) is 45.3. The van der Waals surface area contributed by atoms with Crippen molar-refractivity contribution in [2.75, 3.05) is 72.5 Å². The van der Waals surface area contributed by atoms with Crippen LogP contribution in [0, 0.1) is 0 Å². The second kappa shape index (κ2) is 46.5. The number of rotatable bonds is 48. The minimum atomic E-state index is -0.326. The first-order valence-corrected chi connectivity index (χ1v) is 24.5. The number of nitrogens with zero attached hydrogens (tertiary/aromatic N) is 1.